The second-order valence-electron chi connectivity index (χ2n) is 5.90. The van der Waals surface area contributed by atoms with Crippen LogP contribution >= 0.6 is 0 Å². The van der Waals surface area contributed by atoms with Crippen molar-refractivity contribution < 1.29 is 18.7 Å². The number of carbonyl (C=O) groups is 1. The number of nitrogens with one attached hydrogen (secondary N) is 2. The topological polar surface area (TPSA) is 76.2 Å². The fourth-order valence-electron chi connectivity index (χ4n) is 2.83. The second-order valence-corrected chi connectivity index (χ2v) is 5.90. The van der Waals surface area contributed by atoms with Crippen LogP contribution in [0.15, 0.2) is 43.0 Å². The van der Waals surface area contributed by atoms with E-state index < -0.39 is 5.82 Å². The predicted molar refractivity (Wildman–Crippen MR) is 107 cm³/mol. The van der Waals surface area contributed by atoms with Crippen molar-refractivity contribution in [2.24, 2.45) is 0 Å². The average Bonchev–Trinajstić information content (AvgIpc) is 3.13. The van der Waals surface area contributed by atoms with Gasteiger partial charge in [0, 0.05) is 6.54 Å². The first-order valence-electron chi connectivity index (χ1n) is 8.54. The SMILES string of the molecule is C=CCNC(=O)c1ccc2n[nH]c(C=Cc3ccc(F)c(OC)c3)c2c1OC. The van der Waals surface area contributed by atoms with Gasteiger partial charge in [-0.25, -0.2) is 4.39 Å². The van der Waals surface area contributed by atoms with Crippen LogP contribution in [0.4, 0.5) is 4.39 Å². The van der Waals surface area contributed by atoms with E-state index in [1.807, 2.05) is 0 Å². The Hall–Kier alpha value is -3.61. The summed E-state index contributed by atoms with van der Waals surface area (Å²) in [5, 5.41) is 10.6. The number of nitrogens with zero attached hydrogens (tertiary/aromatic N) is 1. The average molecular weight is 381 g/mol. The lowest BCUT2D eigenvalue weighted by Gasteiger charge is -2.10. The molecular formula is C21H20FN3O3. The minimum atomic E-state index is -0.427. The fourth-order valence-corrected chi connectivity index (χ4v) is 2.83. The van der Waals surface area contributed by atoms with Crippen LogP contribution < -0.4 is 14.8 Å². The van der Waals surface area contributed by atoms with Gasteiger partial charge in [0.1, 0.15) is 5.75 Å². The van der Waals surface area contributed by atoms with Crippen LogP contribution in [0, 0.1) is 5.82 Å². The summed E-state index contributed by atoms with van der Waals surface area (Å²) < 4.78 is 24.1. The van der Waals surface area contributed by atoms with Gasteiger partial charge in [-0.3, -0.25) is 9.89 Å². The molecule has 0 bridgehead atoms. The van der Waals surface area contributed by atoms with E-state index in [2.05, 4.69) is 22.1 Å². The summed E-state index contributed by atoms with van der Waals surface area (Å²) in [6.07, 6.45) is 5.18. The van der Waals surface area contributed by atoms with Gasteiger partial charge in [-0.2, -0.15) is 5.10 Å². The van der Waals surface area contributed by atoms with Crippen LogP contribution in [0.3, 0.4) is 0 Å². The third kappa shape index (κ3) is 3.73. The van der Waals surface area contributed by atoms with Crippen molar-refractivity contribution in [3.63, 3.8) is 0 Å². The molecule has 0 saturated carbocycles. The summed E-state index contributed by atoms with van der Waals surface area (Å²) in [6.45, 7) is 3.94. The molecule has 3 rings (SSSR count). The van der Waals surface area contributed by atoms with Gasteiger partial charge in [0.05, 0.1) is 36.4 Å². The van der Waals surface area contributed by atoms with Crippen molar-refractivity contribution >= 4 is 29.0 Å². The molecule has 0 atom stereocenters. The van der Waals surface area contributed by atoms with Gasteiger partial charge < -0.3 is 14.8 Å². The third-order valence-corrected chi connectivity index (χ3v) is 4.18. The van der Waals surface area contributed by atoms with Crippen LogP contribution in [-0.2, 0) is 0 Å². The van der Waals surface area contributed by atoms with Gasteiger partial charge >= 0.3 is 0 Å². The highest BCUT2D eigenvalue weighted by atomic mass is 19.1. The summed E-state index contributed by atoms with van der Waals surface area (Å²) in [5.74, 6) is -0.110. The molecule has 1 heterocycles. The number of rotatable bonds is 7. The summed E-state index contributed by atoms with van der Waals surface area (Å²) in [7, 11) is 2.92. The highest BCUT2D eigenvalue weighted by Crippen LogP contribution is 2.32. The Morgan fingerprint density at radius 3 is 2.79 bits per heavy atom. The lowest BCUT2D eigenvalue weighted by Crippen LogP contribution is -2.23. The molecule has 0 aliphatic heterocycles. The molecule has 1 aromatic heterocycles. The smallest absolute Gasteiger partial charge is 0.255 e. The van der Waals surface area contributed by atoms with Gasteiger partial charge in [-0.1, -0.05) is 18.2 Å². The zero-order chi connectivity index (χ0) is 20.1. The van der Waals surface area contributed by atoms with Crippen molar-refractivity contribution in [2.75, 3.05) is 20.8 Å². The summed E-state index contributed by atoms with van der Waals surface area (Å²) >= 11 is 0. The molecule has 2 aromatic carbocycles. The number of aromatic nitrogens is 2. The van der Waals surface area contributed by atoms with Gasteiger partial charge in [-0.15, -0.1) is 6.58 Å². The highest BCUT2D eigenvalue weighted by molar-refractivity contribution is 6.05. The van der Waals surface area contributed by atoms with E-state index in [1.54, 1.807) is 42.5 Å². The van der Waals surface area contributed by atoms with E-state index in [9.17, 15) is 9.18 Å². The summed E-state index contributed by atoms with van der Waals surface area (Å²) in [4.78, 5) is 12.4. The number of carbonyl (C=O) groups excluding carboxylic acids is 1. The van der Waals surface area contributed by atoms with E-state index in [0.717, 1.165) is 5.56 Å². The van der Waals surface area contributed by atoms with Crippen LogP contribution in [0.2, 0.25) is 0 Å². The first kappa shape index (κ1) is 19.2. The third-order valence-electron chi connectivity index (χ3n) is 4.18. The van der Waals surface area contributed by atoms with Crippen molar-refractivity contribution in [3.05, 3.63) is 65.6 Å². The zero-order valence-electron chi connectivity index (χ0n) is 15.6. The van der Waals surface area contributed by atoms with Gasteiger partial charge in [0.15, 0.2) is 11.6 Å². The maximum atomic E-state index is 13.6. The molecule has 144 valence electrons. The number of fused-ring (bicyclic) bond motifs is 1. The molecule has 0 unspecified atom stereocenters. The minimum absolute atomic E-state index is 0.162. The van der Waals surface area contributed by atoms with Gasteiger partial charge in [-0.05, 0) is 35.9 Å². The van der Waals surface area contributed by atoms with Crippen molar-refractivity contribution in [1.82, 2.24) is 15.5 Å². The Balaban J connectivity index is 2.02. The van der Waals surface area contributed by atoms with Crippen LogP contribution in [0.25, 0.3) is 23.1 Å². The highest BCUT2D eigenvalue weighted by Gasteiger charge is 2.18. The molecule has 7 heteroatoms. The van der Waals surface area contributed by atoms with Gasteiger partial charge in [0.2, 0.25) is 0 Å². The fraction of sp³-hybridized carbons (Fsp3) is 0.143. The van der Waals surface area contributed by atoms with Crippen molar-refractivity contribution in [2.45, 2.75) is 0 Å². The molecular weight excluding hydrogens is 361 g/mol. The van der Waals surface area contributed by atoms with E-state index in [4.69, 9.17) is 9.47 Å². The molecule has 3 aromatic rings. The summed E-state index contributed by atoms with van der Waals surface area (Å²) in [5.41, 5.74) is 2.47. The minimum Gasteiger partial charge on any atom is -0.495 e. The Morgan fingerprint density at radius 2 is 2.07 bits per heavy atom. The Bertz CT molecular complexity index is 1060. The number of benzene rings is 2. The van der Waals surface area contributed by atoms with Gasteiger partial charge in [0.25, 0.3) is 5.91 Å². The number of hydrogen-bond donors (Lipinski definition) is 2. The number of ether oxygens (including phenoxy) is 2. The van der Waals surface area contributed by atoms with E-state index in [0.29, 0.717) is 34.5 Å². The lowest BCUT2D eigenvalue weighted by molar-refractivity contribution is 0.0955. The number of methoxy groups -OCH3 is 2. The van der Waals surface area contributed by atoms with Crippen LogP contribution in [-0.4, -0.2) is 36.9 Å². The Labute approximate surface area is 161 Å². The number of halogens is 1. The first-order valence-corrected chi connectivity index (χ1v) is 8.54. The number of aromatic amines is 1. The monoisotopic (exact) mass is 381 g/mol. The number of amides is 1. The molecule has 0 radical (unpaired) electrons. The molecule has 0 aliphatic rings. The van der Waals surface area contributed by atoms with Crippen molar-refractivity contribution in [3.8, 4) is 11.5 Å². The predicted octanol–water partition coefficient (Wildman–Crippen LogP) is 3.81. The lowest BCUT2D eigenvalue weighted by atomic mass is 10.1. The van der Waals surface area contributed by atoms with E-state index in [-0.39, 0.29) is 11.7 Å². The number of H-pyrrole nitrogens is 1. The quantitative estimate of drug-likeness (QED) is 0.610. The molecule has 0 aliphatic carbocycles. The Kier molecular flexibility index (Phi) is 5.74. The molecule has 6 nitrogen and oxygen atoms in total. The van der Waals surface area contributed by atoms with Crippen molar-refractivity contribution in [1.29, 1.82) is 0 Å². The van der Waals surface area contributed by atoms with Crippen LogP contribution in [0.5, 0.6) is 11.5 Å². The molecule has 1 amide bonds. The standard InChI is InChI=1S/C21H20FN3O3/c1-4-11-23-21(26)14-7-10-17-19(20(14)28-3)16(24-25-17)9-6-13-5-8-15(22)18(12-13)27-2/h4-10,12H,1,11H2,2-3H3,(H,23,26)(H,24,25). The second kappa shape index (κ2) is 8.39. The molecule has 0 fully saturated rings. The summed E-state index contributed by atoms with van der Waals surface area (Å²) in [6, 6.07) is 7.98. The largest absolute Gasteiger partial charge is 0.495 e. The molecule has 2 N–H and O–H groups in total. The molecule has 0 spiro atoms. The normalized spacial score (nSPS) is 11.0. The Morgan fingerprint density at radius 1 is 1.25 bits per heavy atom. The first-order chi connectivity index (χ1) is 13.6. The zero-order valence-corrected chi connectivity index (χ0v) is 15.6. The van der Waals surface area contributed by atoms with Crippen LogP contribution in [0.1, 0.15) is 21.6 Å². The van der Waals surface area contributed by atoms with E-state index >= 15 is 0 Å². The number of hydrogen-bond acceptors (Lipinski definition) is 4. The van der Waals surface area contributed by atoms with E-state index in [1.165, 1.54) is 20.3 Å². The maximum Gasteiger partial charge on any atom is 0.255 e. The maximum absolute atomic E-state index is 13.6. The molecule has 28 heavy (non-hydrogen) atoms. The molecule has 0 saturated heterocycles.